The highest BCUT2D eigenvalue weighted by molar-refractivity contribution is 4.99. The van der Waals surface area contributed by atoms with Gasteiger partial charge in [-0.15, -0.1) is 0 Å². The number of hydrogen-bond donors (Lipinski definition) is 2. The minimum atomic E-state index is 0.447. The molecule has 0 aliphatic heterocycles. The Bertz CT molecular complexity index is 262. The predicted molar refractivity (Wildman–Crippen MR) is 61.6 cm³/mol. The van der Waals surface area contributed by atoms with E-state index in [4.69, 9.17) is 0 Å². The zero-order valence-corrected chi connectivity index (χ0v) is 9.50. The van der Waals surface area contributed by atoms with Gasteiger partial charge in [-0.3, -0.25) is 0 Å². The van der Waals surface area contributed by atoms with Crippen LogP contribution in [-0.2, 0) is 0 Å². The lowest BCUT2D eigenvalue weighted by molar-refractivity contribution is 0.355. The summed E-state index contributed by atoms with van der Waals surface area (Å²) in [5, 5.41) is 3.62. The molecule has 1 aromatic heterocycles. The molecule has 0 radical (unpaired) electrons. The van der Waals surface area contributed by atoms with Crippen molar-refractivity contribution in [2.45, 2.75) is 45.1 Å². The zero-order chi connectivity index (χ0) is 10.5. The molecule has 3 heteroatoms. The molecule has 0 amide bonds. The standard InChI is InChI=1S/C12H21N3/c1-2-7-13-11(10-5-3-4-6-10)12-14-8-9-15-12/h8-11,13H,2-7H2,1H3,(H,14,15). The van der Waals surface area contributed by atoms with Gasteiger partial charge in [0.25, 0.3) is 0 Å². The van der Waals surface area contributed by atoms with E-state index in [-0.39, 0.29) is 0 Å². The van der Waals surface area contributed by atoms with Crippen LogP contribution in [0.25, 0.3) is 0 Å². The van der Waals surface area contributed by atoms with E-state index >= 15 is 0 Å². The third kappa shape index (κ3) is 2.59. The van der Waals surface area contributed by atoms with E-state index in [2.05, 4.69) is 22.2 Å². The molecule has 1 unspecified atom stereocenters. The van der Waals surface area contributed by atoms with Gasteiger partial charge in [0.2, 0.25) is 0 Å². The summed E-state index contributed by atoms with van der Waals surface area (Å²) in [6, 6.07) is 0.447. The Kier molecular flexibility index (Phi) is 3.78. The molecular weight excluding hydrogens is 186 g/mol. The summed E-state index contributed by atoms with van der Waals surface area (Å²) in [5.41, 5.74) is 0. The van der Waals surface area contributed by atoms with Crippen LogP contribution in [0.1, 0.15) is 50.9 Å². The van der Waals surface area contributed by atoms with Crippen LogP contribution < -0.4 is 5.32 Å². The molecule has 3 nitrogen and oxygen atoms in total. The number of hydrogen-bond acceptors (Lipinski definition) is 2. The number of aromatic nitrogens is 2. The minimum Gasteiger partial charge on any atom is -0.347 e. The summed E-state index contributed by atoms with van der Waals surface area (Å²) >= 11 is 0. The highest BCUT2D eigenvalue weighted by Gasteiger charge is 2.27. The van der Waals surface area contributed by atoms with E-state index in [1.807, 2.05) is 12.4 Å². The highest BCUT2D eigenvalue weighted by Crippen LogP contribution is 2.34. The van der Waals surface area contributed by atoms with Crippen LogP contribution in [0.15, 0.2) is 12.4 Å². The van der Waals surface area contributed by atoms with Crippen LogP contribution in [0.5, 0.6) is 0 Å². The summed E-state index contributed by atoms with van der Waals surface area (Å²) in [5.74, 6) is 1.90. The average Bonchev–Trinajstić information content (AvgIpc) is 2.90. The van der Waals surface area contributed by atoms with Crippen molar-refractivity contribution in [3.8, 4) is 0 Å². The van der Waals surface area contributed by atoms with Gasteiger partial charge >= 0.3 is 0 Å². The Morgan fingerprint density at radius 2 is 2.33 bits per heavy atom. The predicted octanol–water partition coefficient (Wildman–Crippen LogP) is 2.64. The van der Waals surface area contributed by atoms with E-state index < -0.39 is 0 Å². The molecule has 0 aromatic carbocycles. The molecule has 1 aromatic rings. The molecule has 1 atom stereocenters. The molecule has 1 saturated carbocycles. The smallest absolute Gasteiger partial charge is 0.123 e. The number of rotatable bonds is 5. The van der Waals surface area contributed by atoms with Crippen molar-refractivity contribution in [3.05, 3.63) is 18.2 Å². The second-order valence-electron chi connectivity index (χ2n) is 4.45. The fraction of sp³-hybridized carbons (Fsp3) is 0.750. The number of nitrogens with zero attached hydrogens (tertiary/aromatic N) is 1. The zero-order valence-electron chi connectivity index (χ0n) is 9.50. The van der Waals surface area contributed by atoms with Crippen LogP contribution in [0, 0.1) is 5.92 Å². The molecule has 0 bridgehead atoms. The van der Waals surface area contributed by atoms with Gasteiger partial charge in [0.1, 0.15) is 5.82 Å². The van der Waals surface area contributed by atoms with Crippen molar-refractivity contribution in [2.75, 3.05) is 6.54 Å². The molecule has 0 saturated heterocycles. The van der Waals surface area contributed by atoms with Gasteiger partial charge in [0, 0.05) is 12.4 Å². The number of nitrogens with one attached hydrogen (secondary N) is 2. The van der Waals surface area contributed by atoms with Gasteiger partial charge < -0.3 is 10.3 Å². The third-order valence-electron chi connectivity index (χ3n) is 3.30. The van der Waals surface area contributed by atoms with E-state index in [1.54, 1.807) is 0 Å². The summed E-state index contributed by atoms with van der Waals surface area (Å²) in [4.78, 5) is 7.65. The maximum absolute atomic E-state index is 4.40. The molecule has 2 rings (SSSR count). The molecule has 2 N–H and O–H groups in total. The van der Waals surface area contributed by atoms with Crippen molar-refractivity contribution < 1.29 is 0 Å². The van der Waals surface area contributed by atoms with Crippen molar-refractivity contribution >= 4 is 0 Å². The Labute approximate surface area is 91.7 Å². The molecule has 1 heterocycles. The molecule has 1 aliphatic rings. The summed E-state index contributed by atoms with van der Waals surface area (Å²) in [7, 11) is 0. The number of aromatic amines is 1. The second-order valence-corrected chi connectivity index (χ2v) is 4.45. The first-order chi connectivity index (χ1) is 7.42. The van der Waals surface area contributed by atoms with Crippen LogP contribution in [0.3, 0.4) is 0 Å². The van der Waals surface area contributed by atoms with Crippen molar-refractivity contribution in [1.29, 1.82) is 0 Å². The fourth-order valence-electron chi connectivity index (χ4n) is 2.52. The molecule has 84 valence electrons. The minimum absolute atomic E-state index is 0.447. The summed E-state index contributed by atoms with van der Waals surface area (Å²) in [6.07, 6.45) is 10.4. The molecule has 1 fully saturated rings. The van der Waals surface area contributed by atoms with Crippen LogP contribution in [0.4, 0.5) is 0 Å². The van der Waals surface area contributed by atoms with E-state index in [0.717, 1.165) is 18.3 Å². The van der Waals surface area contributed by atoms with E-state index in [0.29, 0.717) is 6.04 Å². The molecule has 1 aliphatic carbocycles. The molecule has 15 heavy (non-hydrogen) atoms. The van der Waals surface area contributed by atoms with Crippen LogP contribution in [-0.4, -0.2) is 16.5 Å². The monoisotopic (exact) mass is 207 g/mol. The van der Waals surface area contributed by atoms with E-state index in [9.17, 15) is 0 Å². The van der Waals surface area contributed by atoms with Crippen molar-refractivity contribution in [2.24, 2.45) is 5.92 Å². The fourth-order valence-corrected chi connectivity index (χ4v) is 2.52. The molecular formula is C12H21N3. The second kappa shape index (κ2) is 5.31. The normalized spacial score (nSPS) is 19.5. The van der Waals surface area contributed by atoms with Gasteiger partial charge in [-0.1, -0.05) is 19.8 Å². The Morgan fingerprint density at radius 3 is 2.93 bits per heavy atom. The van der Waals surface area contributed by atoms with E-state index in [1.165, 1.54) is 32.1 Å². The lowest BCUT2D eigenvalue weighted by Gasteiger charge is -2.22. The first-order valence-electron chi connectivity index (χ1n) is 6.14. The average molecular weight is 207 g/mol. The van der Waals surface area contributed by atoms with Gasteiger partial charge in [-0.25, -0.2) is 4.98 Å². The van der Waals surface area contributed by atoms with Crippen molar-refractivity contribution in [1.82, 2.24) is 15.3 Å². The number of imidazole rings is 1. The Hall–Kier alpha value is -0.830. The maximum atomic E-state index is 4.40. The van der Waals surface area contributed by atoms with Gasteiger partial charge in [-0.05, 0) is 31.7 Å². The summed E-state index contributed by atoms with van der Waals surface area (Å²) in [6.45, 7) is 3.29. The third-order valence-corrected chi connectivity index (χ3v) is 3.30. The topological polar surface area (TPSA) is 40.7 Å². The first kappa shape index (κ1) is 10.7. The SMILES string of the molecule is CCCNC(c1ncc[nH]1)C1CCCC1. The van der Waals surface area contributed by atoms with Crippen LogP contribution in [0.2, 0.25) is 0 Å². The first-order valence-corrected chi connectivity index (χ1v) is 6.14. The lowest BCUT2D eigenvalue weighted by Crippen LogP contribution is -2.28. The van der Waals surface area contributed by atoms with Crippen molar-refractivity contribution in [3.63, 3.8) is 0 Å². The highest BCUT2D eigenvalue weighted by atomic mass is 15.0. The largest absolute Gasteiger partial charge is 0.347 e. The Balaban J connectivity index is 2.01. The van der Waals surface area contributed by atoms with Gasteiger partial charge in [0.05, 0.1) is 6.04 Å². The lowest BCUT2D eigenvalue weighted by atomic mass is 9.97. The maximum Gasteiger partial charge on any atom is 0.123 e. The summed E-state index contributed by atoms with van der Waals surface area (Å²) < 4.78 is 0. The van der Waals surface area contributed by atoms with Crippen LogP contribution >= 0.6 is 0 Å². The Morgan fingerprint density at radius 1 is 1.53 bits per heavy atom. The van der Waals surface area contributed by atoms with Gasteiger partial charge in [-0.2, -0.15) is 0 Å². The quantitative estimate of drug-likeness (QED) is 0.779. The van der Waals surface area contributed by atoms with Gasteiger partial charge in [0.15, 0.2) is 0 Å². The number of H-pyrrole nitrogens is 1. The molecule has 0 spiro atoms.